The van der Waals surface area contributed by atoms with E-state index in [-0.39, 0.29) is 18.0 Å². The van der Waals surface area contributed by atoms with Gasteiger partial charge in [0.1, 0.15) is 5.82 Å². The van der Waals surface area contributed by atoms with Crippen LogP contribution in [0.4, 0.5) is 9.18 Å². The van der Waals surface area contributed by atoms with Gasteiger partial charge in [-0.05, 0) is 31.5 Å². The third-order valence-electron chi connectivity index (χ3n) is 2.48. The molecule has 7 heteroatoms. The van der Waals surface area contributed by atoms with Gasteiger partial charge in [-0.3, -0.25) is 4.79 Å². The van der Waals surface area contributed by atoms with Crippen LogP contribution in [0.15, 0.2) is 18.2 Å². The Bertz CT molecular complexity index is 520. The topological polar surface area (TPSA) is 78.4 Å². The van der Waals surface area contributed by atoms with Crippen LogP contribution in [-0.4, -0.2) is 22.6 Å². The van der Waals surface area contributed by atoms with Gasteiger partial charge >= 0.3 is 12.0 Å². The molecule has 0 radical (unpaired) electrons. The molecule has 110 valence electrons. The second-order valence-electron chi connectivity index (χ2n) is 5.01. The van der Waals surface area contributed by atoms with Crippen molar-refractivity contribution in [3.05, 3.63) is 34.6 Å². The summed E-state index contributed by atoms with van der Waals surface area (Å²) in [5, 5.41) is 13.8. The summed E-state index contributed by atoms with van der Waals surface area (Å²) in [5.74, 6) is -1.52. The van der Waals surface area contributed by atoms with Gasteiger partial charge < -0.3 is 15.7 Å². The average molecular weight is 303 g/mol. The van der Waals surface area contributed by atoms with Crippen LogP contribution in [0, 0.1) is 5.82 Å². The fraction of sp³-hybridized carbons (Fsp3) is 0.385. The Morgan fingerprint density at radius 1 is 1.40 bits per heavy atom. The van der Waals surface area contributed by atoms with E-state index in [1.807, 2.05) is 0 Å². The monoisotopic (exact) mass is 302 g/mol. The van der Waals surface area contributed by atoms with E-state index < -0.39 is 23.4 Å². The Balaban J connectivity index is 2.51. The average Bonchev–Trinajstić information content (AvgIpc) is 2.28. The van der Waals surface area contributed by atoms with Crippen LogP contribution < -0.4 is 10.6 Å². The summed E-state index contributed by atoms with van der Waals surface area (Å²) in [5.41, 5.74) is -0.223. The normalized spacial score (nSPS) is 11.0. The number of hydrogen-bond acceptors (Lipinski definition) is 2. The van der Waals surface area contributed by atoms with Crippen molar-refractivity contribution in [1.29, 1.82) is 0 Å². The van der Waals surface area contributed by atoms with E-state index >= 15 is 0 Å². The highest BCUT2D eigenvalue weighted by molar-refractivity contribution is 6.30. The highest BCUT2D eigenvalue weighted by Gasteiger charge is 2.23. The number of aliphatic carboxylic acids is 1. The van der Waals surface area contributed by atoms with Crippen molar-refractivity contribution < 1.29 is 19.1 Å². The molecule has 0 heterocycles. The summed E-state index contributed by atoms with van der Waals surface area (Å²) < 4.78 is 13.0. The van der Waals surface area contributed by atoms with E-state index in [1.54, 1.807) is 13.8 Å². The van der Waals surface area contributed by atoms with Crippen molar-refractivity contribution in [2.45, 2.75) is 32.4 Å². The Morgan fingerprint density at radius 2 is 2.05 bits per heavy atom. The molecule has 3 N–H and O–H groups in total. The summed E-state index contributed by atoms with van der Waals surface area (Å²) in [6.07, 6.45) is -0.192. The van der Waals surface area contributed by atoms with Gasteiger partial charge in [0.05, 0.1) is 11.4 Å². The first-order valence-corrected chi connectivity index (χ1v) is 6.29. The molecule has 0 aliphatic carbocycles. The Kier molecular flexibility index (Phi) is 5.33. The van der Waals surface area contributed by atoms with Gasteiger partial charge in [-0.25, -0.2) is 9.18 Å². The fourth-order valence-electron chi connectivity index (χ4n) is 1.61. The molecule has 0 aliphatic heterocycles. The lowest BCUT2D eigenvalue weighted by atomic mass is 10.0. The minimum absolute atomic E-state index is 0.0177. The molecule has 5 nitrogen and oxygen atoms in total. The second-order valence-corrected chi connectivity index (χ2v) is 5.42. The van der Waals surface area contributed by atoms with Gasteiger partial charge in [-0.15, -0.1) is 0 Å². The zero-order valence-electron chi connectivity index (χ0n) is 11.2. The van der Waals surface area contributed by atoms with E-state index in [0.717, 1.165) is 0 Å². The second kappa shape index (κ2) is 6.56. The van der Waals surface area contributed by atoms with E-state index in [2.05, 4.69) is 10.6 Å². The zero-order chi connectivity index (χ0) is 15.3. The number of carboxylic acid groups (broad SMARTS) is 1. The van der Waals surface area contributed by atoms with Crippen molar-refractivity contribution in [2.75, 3.05) is 0 Å². The van der Waals surface area contributed by atoms with Crippen LogP contribution >= 0.6 is 11.6 Å². The van der Waals surface area contributed by atoms with Gasteiger partial charge in [-0.1, -0.05) is 17.7 Å². The zero-order valence-corrected chi connectivity index (χ0v) is 11.9. The first kappa shape index (κ1) is 16.2. The van der Waals surface area contributed by atoms with Crippen LogP contribution in [0.2, 0.25) is 5.02 Å². The predicted octanol–water partition coefficient (Wildman–Crippen LogP) is 2.53. The summed E-state index contributed by atoms with van der Waals surface area (Å²) >= 11 is 5.62. The fourth-order valence-corrected chi connectivity index (χ4v) is 1.81. The number of rotatable bonds is 5. The van der Waals surface area contributed by atoms with Crippen LogP contribution in [0.25, 0.3) is 0 Å². The lowest BCUT2D eigenvalue weighted by Crippen LogP contribution is -2.49. The molecular weight excluding hydrogens is 287 g/mol. The van der Waals surface area contributed by atoms with E-state index in [4.69, 9.17) is 16.7 Å². The van der Waals surface area contributed by atoms with Crippen LogP contribution in [0.3, 0.4) is 0 Å². The summed E-state index contributed by atoms with van der Waals surface area (Å²) in [6, 6.07) is 3.63. The number of halogens is 2. The highest BCUT2D eigenvalue weighted by atomic mass is 35.5. The van der Waals surface area contributed by atoms with Gasteiger partial charge in [0.25, 0.3) is 0 Å². The third-order valence-corrected chi connectivity index (χ3v) is 2.77. The molecule has 0 atom stereocenters. The predicted molar refractivity (Wildman–Crippen MR) is 73.1 cm³/mol. The molecule has 0 saturated heterocycles. The summed E-state index contributed by atoms with van der Waals surface area (Å²) in [4.78, 5) is 22.3. The highest BCUT2D eigenvalue weighted by Crippen LogP contribution is 2.15. The Labute approximate surface area is 121 Å². The summed E-state index contributed by atoms with van der Waals surface area (Å²) in [6.45, 7) is 3.37. The molecule has 0 spiro atoms. The van der Waals surface area contributed by atoms with Crippen molar-refractivity contribution in [3.63, 3.8) is 0 Å². The number of urea groups is 1. The van der Waals surface area contributed by atoms with Crippen LogP contribution in [0.1, 0.15) is 25.8 Å². The number of benzene rings is 1. The largest absolute Gasteiger partial charge is 0.481 e. The SMILES string of the molecule is CC(C)(CC(=O)O)NC(=O)NCc1ccc(F)c(Cl)c1. The molecule has 0 aliphatic rings. The maximum atomic E-state index is 13.0. The van der Waals surface area contributed by atoms with E-state index in [0.29, 0.717) is 5.56 Å². The van der Waals surface area contributed by atoms with Crippen LogP contribution in [-0.2, 0) is 11.3 Å². The molecule has 2 amide bonds. The molecule has 1 aromatic carbocycles. The first-order chi connectivity index (χ1) is 9.19. The van der Waals surface area contributed by atoms with Crippen molar-refractivity contribution >= 4 is 23.6 Å². The Morgan fingerprint density at radius 3 is 2.60 bits per heavy atom. The standard InChI is InChI=1S/C13H16ClFN2O3/c1-13(2,6-11(18)19)17-12(20)16-7-8-3-4-10(15)9(14)5-8/h3-5H,6-7H2,1-2H3,(H,18,19)(H2,16,17,20). The summed E-state index contributed by atoms with van der Waals surface area (Å²) in [7, 11) is 0. The smallest absolute Gasteiger partial charge is 0.315 e. The van der Waals surface area contributed by atoms with Crippen LogP contribution in [0.5, 0.6) is 0 Å². The van der Waals surface area contributed by atoms with Crippen molar-refractivity contribution in [2.24, 2.45) is 0 Å². The minimum atomic E-state index is -0.999. The molecule has 1 aromatic rings. The van der Waals surface area contributed by atoms with Gasteiger partial charge in [0.15, 0.2) is 0 Å². The molecular formula is C13H16ClFN2O3. The number of amides is 2. The third kappa shape index (κ3) is 5.44. The molecule has 1 rings (SSSR count). The lowest BCUT2D eigenvalue weighted by molar-refractivity contribution is -0.138. The molecule has 0 unspecified atom stereocenters. The number of carboxylic acids is 1. The quantitative estimate of drug-likeness (QED) is 0.782. The molecule has 20 heavy (non-hydrogen) atoms. The number of carbonyl (C=O) groups excluding carboxylic acids is 1. The van der Waals surface area contributed by atoms with Gasteiger partial charge in [0, 0.05) is 12.1 Å². The molecule has 0 fully saturated rings. The van der Waals surface area contributed by atoms with E-state index in [9.17, 15) is 14.0 Å². The number of nitrogens with one attached hydrogen (secondary N) is 2. The number of hydrogen-bond donors (Lipinski definition) is 3. The minimum Gasteiger partial charge on any atom is -0.481 e. The first-order valence-electron chi connectivity index (χ1n) is 5.91. The van der Waals surface area contributed by atoms with Gasteiger partial charge in [0.2, 0.25) is 0 Å². The maximum Gasteiger partial charge on any atom is 0.315 e. The number of carbonyl (C=O) groups is 2. The lowest BCUT2D eigenvalue weighted by Gasteiger charge is -2.24. The van der Waals surface area contributed by atoms with Crippen molar-refractivity contribution in [1.82, 2.24) is 10.6 Å². The maximum absolute atomic E-state index is 13.0. The molecule has 0 saturated carbocycles. The van der Waals surface area contributed by atoms with Gasteiger partial charge in [-0.2, -0.15) is 0 Å². The van der Waals surface area contributed by atoms with E-state index in [1.165, 1.54) is 18.2 Å². The van der Waals surface area contributed by atoms with Crippen molar-refractivity contribution in [3.8, 4) is 0 Å². The molecule has 0 bridgehead atoms. The molecule has 0 aromatic heterocycles. The Hall–Kier alpha value is -1.82.